The molecule has 0 aromatic heterocycles. The molecule has 1 aromatic rings. The lowest BCUT2D eigenvalue weighted by Crippen LogP contribution is -2.40. The number of hydrogen-bond acceptors (Lipinski definition) is 3. The predicted molar refractivity (Wildman–Crippen MR) is 67.6 cm³/mol. The lowest BCUT2D eigenvalue weighted by Gasteiger charge is -2.21. The minimum absolute atomic E-state index is 0.0218. The summed E-state index contributed by atoms with van der Waals surface area (Å²) >= 11 is 5.81. The molecule has 17 heavy (non-hydrogen) atoms. The minimum atomic E-state index is -3.68. The Balaban J connectivity index is 2.88. The van der Waals surface area contributed by atoms with Crippen molar-refractivity contribution in [1.82, 2.24) is 4.72 Å². The van der Waals surface area contributed by atoms with Crippen molar-refractivity contribution in [2.24, 2.45) is 0 Å². The van der Waals surface area contributed by atoms with Crippen LogP contribution in [0.5, 0.6) is 0 Å². The number of rotatable bonds is 5. The Morgan fingerprint density at radius 1 is 1.41 bits per heavy atom. The minimum Gasteiger partial charge on any atom is -0.389 e. The van der Waals surface area contributed by atoms with Gasteiger partial charge in [-0.25, -0.2) is 13.1 Å². The van der Waals surface area contributed by atoms with Gasteiger partial charge in [0.1, 0.15) is 4.90 Å². The third-order valence-corrected chi connectivity index (χ3v) is 4.43. The van der Waals surface area contributed by atoms with Crippen LogP contribution in [0.1, 0.15) is 20.3 Å². The molecule has 0 heterocycles. The molecular weight excluding hydrogens is 262 g/mol. The molecule has 0 aliphatic heterocycles. The lowest BCUT2D eigenvalue weighted by molar-refractivity contribution is 0.0613. The van der Waals surface area contributed by atoms with Gasteiger partial charge in [0.15, 0.2) is 0 Å². The first-order chi connectivity index (χ1) is 7.78. The van der Waals surface area contributed by atoms with Crippen LogP contribution < -0.4 is 4.72 Å². The second kappa shape index (κ2) is 5.35. The second-order valence-electron chi connectivity index (χ2n) is 4.11. The Morgan fingerprint density at radius 2 is 2.00 bits per heavy atom. The zero-order valence-electron chi connectivity index (χ0n) is 9.77. The molecule has 0 aliphatic rings. The molecule has 0 fully saturated rings. The van der Waals surface area contributed by atoms with Gasteiger partial charge in [-0.1, -0.05) is 30.7 Å². The van der Waals surface area contributed by atoms with Crippen molar-refractivity contribution in [2.75, 3.05) is 6.54 Å². The molecule has 0 spiro atoms. The number of nitrogens with one attached hydrogen (secondary N) is 1. The standard InChI is InChI=1S/C11H16ClNO3S/c1-3-11(2,14)8-13-17(15,16)10-7-5-4-6-9(10)12/h4-7,13-14H,3,8H2,1-2H3. The van der Waals surface area contributed by atoms with Crippen LogP contribution in [0.15, 0.2) is 29.2 Å². The van der Waals surface area contributed by atoms with Crippen LogP contribution in [0.4, 0.5) is 0 Å². The molecule has 1 aromatic carbocycles. The zero-order chi connectivity index (χ0) is 13.1. The normalized spacial score (nSPS) is 15.5. The third kappa shape index (κ3) is 3.96. The summed E-state index contributed by atoms with van der Waals surface area (Å²) < 4.78 is 26.2. The van der Waals surface area contributed by atoms with Crippen molar-refractivity contribution >= 4 is 21.6 Å². The predicted octanol–water partition coefficient (Wildman–Crippen LogP) is 1.78. The maximum atomic E-state index is 11.9. The molecule has 1 unspecified atom stereocenters. The summed E-state index contributed by atoms with van der Waals surface area (Å²) in [5, 5.41) is 9.91. The van der Waals surface area contributed by atoms with E-state index in [2.05, 4.69) is 4.72 Å². The van der Waals surface area contributed by atoms with Gasteiger partial charge in [-0.3, -0.25) is 0 Å². The maximum Gasteiger partial charge on any atom is 0.242 e. The quantitative estimate of drug-likeness (QED) is 0.862. The van der Waals surface area contributed by atoms with E-state index in [4.69, 9.17) is 11.6 Å². The van der Waals surface area contributed by atoms with Gasteiger partial charge in [0.25, 0.3) is 0 Å². The topological polar surface area (TPSA) is 66.4 Å². The van der Waals surface area contributed by atoms with Crippen LogP contribution >= 0.6 is 11.6 Å². The summed E-state index contributed by atoms with van der Waals surface area (Å²) in [5.41, 5.74) is -1.06. The van der Waals surface area contributed by atoms with E-state index in [0.717, 1.165) is 0 Å². The lowest BCUT2D eigenvalue weighted by atomic mass is 10.1. The van der Waals surface area contributed by atoms with E-state index in [0.29, 0.717) is 6.42 Å². The van der Waals surface area contributed by atoms with Crippen molar-refractivity contribution < 1.29 is 13.5 Å². The largest absolute Gasteiger partial charge is 0.389 e. The summed E-state index contributed by atoms with van der Waals surface area (Å²) in [5.74, 6) is 0. The Bertz CT molecular complexity index is 485. The monoisotopic (exact) mass is 277 g/mol. The highest BCUT2D eigenvalue weighted by molar-refractivity contribution is 7.89. The molecule has 1 rings (SSSR count). The Kier molecular flexibility index (Phi) is 4.55. The highest BCUT2D eigenvalue weighted by atomic mass is 35.5. The van der Waals surface area contributed by atoms with Gasteiger partial charge in [0.05, 0.1) is 10.6 Å². The molecule has 6 heteroatoms. The molecule has 4 nitrogen and oxygen atoms in total. The van der Waals surface area contributed by atoms with Gasteiger partial charge in [0, 0.05) is 6.54 Å². The molecule has 1 atom stereocenters. The van der Waals surface area contributed by atoms with Gasteiger partial charge < -0.3 is 5.11 Å². The SMILES string of the molecule is CCC(C)(O)CNS(=O)(=O)c1ccccc1Cl. The number of benzene rings is 1. The van der Waals surface area contributed by atoms with Gasteiger partial charge in [0.2, 0.25) is 10.0 Å². The molecule has 2 N–H and O–H groups in total. The molecule has 0 amide bonds. The van der Waals surface area contributed by atoms with E-state index in [9.17, 15) is 13.5 Å². The molecule has 0 saturated carbocycles. The average Bonchev–Trinajstić information content (AvgIpc) is 2.27. The fourth-order valence-electron chi connectivity index (χ4n) is 1.12. The van der Waals surface area contributed by atoms with Crippen LogP contribution in [0.3, 0.4) is 0 Å². The Morgan fingerprint density at radius 3 is 2.53 bits per heavy atom. The summed E-state index contributed by atoms with van der Waals surface area (Å²) in [6.45, 7) is 3.31. The molecule has 0 bridgehead atoms. The van der Waals surface area contributed by atoms with Crippen molar-refractivity contribution in [2.45, 2.75) is 30.8 Å². The first kappa shape index (κ1) is 14.4. The molecule has 0 aliphatic carbocycles. The van der Waals surface area contributed by atoms with E-state index in [-0.39, 0.29) is 16.5 Å². The zero-order valence-corrected chi connectivity index (χ0v) is 11.3. The number of aliphatic hydroxyl groups is 1. The smallest absolute Gasteiger partial charge is 0.242 e. The number of hydrogen-bond donors (Lipinski definition) is 2. The van der Waals surface area contributed by atoms with Gasteiger partial charge >= 0.3 is 0 Å². The van der Waals surface area contributed by atoms with Crippen molar-refractivity contribution in [3.63, 3.8) is 0 Å². The summed E-state index contributed by atoms with van der Waals surface area (Å²) in [4.78, 5) is 0.0218. The molecule has 96 valence electrons. The average molecular weight is 278 g/mol. The first-order valence-electron chi connectivity index (χ1n) is 5.25. The molecular formula is C11H16ClNO3S. The fourth-order valence-corrected chi connectivity index (χ4v) is 2.80. The van der Waals surface area contributed by atoms with E-state index in [1.807, 2.05) is 0 Å². The van der Waals surface area contributed by atoms with E-state index in [1.54, 1.807) is 26.0 Å². The van der Waals surface area contributed by atoms with Crippen molar-refractivity contribution in [3.05, 3.63) is 29.3 Å². The summed E-state index contributed by atoms with van der Waals surface area (Å²) in [6, 6.07) is 6.18. The van der Waals surface area contributed by atoms with Crippen molar-refractivity contribution in [1.29, 1.82) is 0 Å². The van der Waals surface area contributed by atoms with Gasteiger partial charge in [-0.2, -0.15) is 0 Å². The van der Waals surface area contributed by atoms with Crippen LogP contribution in [0.2, 0.25) is 5.02 Å². The van der Waals surface area contributed by atoms with Crippen LogP contribution in [0.25, 0.3) is 0 Å². The first-order valence-corrected chi connectivity index (χ1v) is 7.11. The maximum absolute atomic E-state index is 11.9. The molecule has 0 saturated heterocycles. The summed E-state index contributed by atoms with van der Waals surface area (Å²) in [7, 11) is -3.68. The van der Waals surface area contributed by atoms with E-state index in [1.165, 1.54) is 12.1 Å². The number of sulfonamides is 1. The summed E-state index contributed by atoms with van der Waals surface area (Å²) in [6.07, 6.45) is 0.456. The van der Waals surface area contributed by atoms with E-state index < -0.39 is 15.6 Å². The second-order valence-corrected chi connectivity index (χ2v) is 6.25. The van der Waals surface area contributed by atoms with Crippen LogP contribution in [-0.2, 0) is 10.0 Å². The van der Waals surface area contributed by atoms with E-state index >= 15 is 0 Å². The Labute approximate surface area is 107 Å². The fraction of sp³-hybridized carbons (Fsp3) is 0.455. The van der Waals surface area contributed by atoms with Crippen LogP contribution in [-0.4, -0.2) is 25.7 Å². The van der Waals surface area contributed by atoms with Gasteiger partial charge in [-0.15, -0.1) is 0 Å². The van der Waals surface area contributed by atoms with Crippen molar-refractivity contribution in [3.8, 4) is 0 Å². The highest BCUT2D eigenvalue weighted by Crippen LogP contribution is 2.20. The molecule has 0 radical (unpaired) electrons. The van der Waals surface area contributed by atoms with Crippen LogP contribution in [0, 0.1) is 0 Å². The third-order valence-electron chi connectivity index (χ3n) is 2.53. The number of halogens is 1. The highest BCUT2D eigenvalue weighted by Gasteiger charge is 2.23. The van der Waals surface area contributed by atoms with Gasteiger partial charge in [-0.05, 0) is 25.5 Å². The Hall–Kier alpha value is -0.620.